The minimum absolute atomic E-state index is 0.358. The summed E-state index contributed by atoms with van der Waals surface area (Å²) in [5, 5.41) is 0. The molecule has 0 aromatic heterocycles. The first-order valence-corrected chi connectivity index (χ1v) is 8.17. The third kappa shape index (κ3) is 3.29. The monoisotopic (exact) mass is 286 g/mol. The molecule has 0 aliphatic carbocycles. The second-order valence-electron chi connectivity index (χ2n) is 6.73. The number of hydrogen-bond acceptors (Lipinski definition) is 2. The predicted octanol–water partition coefficient (Wildman–Crippen LogP) is 2.61. The van der Waals surface area contributed by atoms with Crippen LogP contribution in [0.2, 0.25) is 0 Å². The quantitative estimate of drug-likeness (QED) is 0.834. The maximum absolute atomic E-state index is 12.6. The zero-order valence-electron chi connectivity index (χ0n) is 13.3. The van der Waals surface area contributed by atoms with E-state index in [1.807, 2.05) is 0 Å². The van der Waals surface area contributed by atoms with Crippen molar-refractivity contribution in [3.8, 4) is 0 Å². The summed E-state index contributed by atoms with van der Waals surface area (Å²) >= 11 is 0. The molecule has 3 rings (SSSR count). The summed E-state index contributed by atoms with van der Waals surface area (Å²) in [6, 6.07) is 6.46. The van der Waals surface area contributed by atoms with Gasteiger partial charge in [0, 0.05) is 19.5 Å². The number of carbonyl (C=O) groups is 1. The zero-order chi connectivity index (χ0) is 14.8. The SMILES string of the molecule is Cc1cccc2c1CCN(C(=O)CC1CCN(C)CC1)C2. The van der Waals surface area contributed by atoms with Gasteiger partial charge in [-0.25, -0.2) is 0 Å². The van der Waals surface area contributed by atoms with Gasteiger partial charge in [0.25, 0.3) is 0 Å². The van der Waals surface area contributed by atoms with Gasteiger partial charge in [0.15, 0.2) is 0 Å². The summed E-state index contributed by atoms with van der Waals surface area (Å²) in [5.74, 6) is 0.948. The molecule has 0 atom stereocenters. The number of likely N-dealkylation sites (tertiary alicyclic amines) is 1. The summed E-state index contributed by atoms with van der Waals surface area (Å²) in [6.45, 7) is 6.15. The molecule has 0 spiro atoms. The minimum atomic E-state index is 0.358. The maximum Gasteiger partial charge on any atom is 0.223 e. The molecule has 2 aliphatic heterocycles. The molecule has 3 heteroatoms. The van der Waals surface area contributed by atoms with Crippen LogP contribution in [0, 0.1) is 12.8 Å². The maximum atomic E-state index is 12.6. The van der Waals surface area contributed by atoms with Gasteiger partial charge in [-0.3, -0.25) is 4.79 Å². The van der Waals surface area contributed by atoms with Crippen LogP contribution < -0.4 is 0 Å². The summed E-state index contributed by atoms with van der Waals surface area (Å²) in [6.07, 6.45) is 4.10. The highest BCUT2D eigenvalue weighted by atomic mass is 16.2. The summed E-state index contributed by atoms with van der Waals surface area (Å²) in [5.41, 5.74) is 4.17. The molecular weight excluding hydrogens is 260 g/mol. The van der Waals surface area contributed by atoms with Crippen molar-refractivity contribution in [1.29, 1.82) is 0 Å². The van der Waals surface area contributed by atoms with Gasteiger partial charge in [-0.1, -0.05) is 18.2 Å². The Balaban J connectivity index is 1.59. The fourth-order valence-electron chi connectivity index (χ4n) is 3.66. The van der Waals surface area contributed by atoms with Crippen LogP contribution >= 0.6 is 0 Å². The van der Waals surface area contributed by atoms with Crippen molar-refractivity contribution < 1.29 is 4.79 Å². The zero-order valence-corrected chi connectivity index (χ0v) is 13.3. The van der Waals surface area contributed by atoms with Crippen molar-refractivity contribution in [1.82, 2.24) is 9.80 Å². The van der Waals surface area contributed by atoms with E-state index in [0.717, 1.165) is 39.0 Å². The number of carbonyl (C=O) groups excluding carboxylic acids is 1. The van der Waals surface area contributed by atoms with Crippen LogP contribution in [-0.4, -0.2) is 42.4 Å². The number of benzene rings is 1. The van der Waals surface area contributed by atoms with Gasteiger partial charge in [0.1, 0.15) is 0 Å². The fraction of sp³-hybridized carbons (Fsp3) is 0.611. The Morgan fingerprint density at radius 1 is 1.24 bits per heavy atom. The number of hydrogen-bond donors (Lipinski definition) is 0. The molecule has 1 saturated heterocycles. The van der Waals surface area contributed by atoms with E-state index in [2.05, 4.69) is 42.0 Å². The van der Waals surface area contributed by atoms with Crippen molar-refractivity contribution >= 4 is 5.91 Å². The molecule has 114 valence electrons. The number of fused-ring (bicyclic) bond motifs is 1. The second-order valence-corrected chi connectivity index (χ2v) is 6.73. The van der Waals surface area contributed by atoms with Gasteiger partial charge in [0.05, 0.1) is 0 Å². The Morgan fingerprint density at radius 2 is 2.00 bits per heavy atom. The highest BCUT2D eigenvalue weighted by Gasteiger charge is 2.25. The fourth-order valence-corrected chi connectivity index (χ4v) is 3.66. The number of piperidine rings is 1. The normalized spacial score (nSPS) is 20.4. The standard InChI is InChI=1S/C18H26N2O/c1-14-4-3-5-16-13-20(11-8-17(14)16)18(21)12-15-6-9-19(2)10-7-15/h3-5,15H,6-13H2,1-2H3. The molecular formula is C18H26N2O. The van der Waals surface area contributed by atoms with E-state index in [4.69, 9.17) is 0 Å². The molecule has 1 aromatic carbocycles. The van der Waals surface area contributed by atoms with Crippen molar-refractivity contribution in [2.45, 2.75) is 39.2 Å². The lowest BCUT2D eigenvalue weighted by atomic mass is 9.91. The van der Waals surface area contributed by atoms with Gasteiger partial charge < -0.3 is 9.80 Å². The molecule has 0 N–H and O–H groups in total. The van der Waals surface area contributed by atoms with E-state index in [1.54, 1.807) is 0 Å². The van der Waals surface area contributed by atoms with E-state index in [9.17, 15) is 4.79 Å². The average Bonchev–Trinajstić information content (AvgIpc) is 2.49. The molecule has 0 bridgehead atoms. The van der Waals surface area contributed by atoms with Gasteiger partial charge in [0.2, 0.25) is 5.91 Å². The van der Waals surface area contributed by atoms with E-state index in [1.165, 1.54) is 29.5 Å². The first kappa shape index (κ1) is 14.6. The summed E-state index contributed by atoms with van der Waals surface area (Å²) in [4.78, 5) is 17.0. The molecule has 2 heterocycles. The molecule has 0 radical (unpaired) electrons. The van der Waals surface area contributed by atoms with E-state index >= 15 is 0 Å². The van der Waals surface area contributed by atoms with Crippen LogP contribution in [-0.2, 0) is 17.8 Å². The Morgan fingerprint density at radius 3 is 2.76 bits per heavy atom. The van der Waals surface area contributed by atoms with E-state index < -0.39 is 0 Å². The molecule has 2 aliphatic rings. The highest BCUT2D eigenvalue weighted by molar-refractivity contribution is 5.76. The summed E-state index contributed by atoms with van der Waals surface area (Å²) < 4.78 is 0. The van der Waals surface area contributed by atoms with Crippen molar-refractivity contribution in [3.05, 3.63) is 34.9 Å². The lowest BCUT2D eigenvalue weighted by molar-refractivity contribution is -0.133. The van der Waals surface area contributed by atoms with E-state index in [0.29, 0.717) is 11.8 Å². The molecule has 1 aromatic rings. The van der Waals surface area contributed by atoms with Crippen LogP contribution in [0.4, 0.5) is 0 Å². The number of rotatable bonds is 2. The van der Waals surface area contributed by atoms with Crippen molar-refractivity contribution in [3.63, 3.8) is 0 Å². The van der Waals surface area contributed by atoms with Crippen LogP contribution in [0.25, 0.3) is 0 Å². The Labute approximate surface area is 127 Å². The Kier molecular flexibility index (Phi) is 4.29. The summed E-state index contributed by atoms with van der Waals surface area (Å²) in [7, 11) is 2.17. The van der Waals surface area contributed by atoms with Gasteiger partial charge in [-0.2, -0.15) is 0 Å². The van der Waals surface area contributed by atoms with Crippen molar-refractivity contribution in [2.24, 2.45) is 5.92 Å². The smallest absolute Gasteiger partial charge is 0.223 e. The van der Waals surface area contributed by atoms with Gasteiger partial charge in [-0.05, 0) is 68.9 Å². The lowest BCUT2D eigenvalue weighted by Gasteiger charge is -2.33. The number of aryl methyl sites for hydroxylation is 1. The van der Waals surface area contributed by atoms with Crippen molar-refractivity contribution in [2.75, 3.05) is 26.7 Å². The third-order valence-corrected chi connectivity index (χ3v) is 5.15. The Bertz CT molecular complexity index is 518. The predicted molar refractivity (Wildman–Crippen MR) is 85.1 cm³/mol. The van der Waals surface area contributed by atoms with Gasteiger partial charge in [-0.15, -0.1) is 0 Å². The molecule has 1 fully saturated rings. The Hall–Kier alpha value is -1.35. The van der Waals surface area contributed by atoms with Crippen LogP contribution in [0.3, 0.4) is 0 Å². The number of amides is 1. The average molecular weight is 286 g/mol. The van der Waals surface area contributed by atoms with Gasteiger partial charge >= 0.3 is 0 Å². The molecule has 21 heavy (non-hydrogen) atoms. The lowest BCUT2D eigenvalue weighted by Crippen LogP contribution is -2.38. The molecule has 3 nitrogen and oxygen atoms in total. The first-order chi connectivity index (χ1) is 10.1. The molecule has 0 saturated carbocycles. The molecule has 1 amide bonds. The number of nitrogens with zero attached hydrogens (tertiary/aromatic N) is 2. The highest BCUT2D eigenvalue weighted by Crippen LogP contribution is 2.25. The topological polar surface area (TPSA) is 23.6 Å². The second kappa shape index (κ2) is 6.18. The van der Waals surface area contributed by atoms with Crippen LogP contribution in [0.5, 0.6) is 0 Å². The third-order valence-electron chi connectivity index (χ3n) is 5.15. The van der Waals surface area contributed by atoms with Crippen LogP contribution in [0.1, 0.15) is 36.0 Å². The molecule has 0 unspecified atom stereocenters. The first-order valence-electron chi connectivity index (χ1n) is 8.17. The van der Waals surface area contributed by atoms with Crippen LogP contribution in [0.15, 0.2) is 18.2 Å². The minimum Gasteiger partial charge on any atom is -0.338 e. The van der Waals surface area contributed by atoms with E-state index in [-0.39, 0.29) is 0 Å². The largest absolute Gasteiger partial charge is 0.338 e.